The Labute approximate surface area is 165 Å². The summed E-state index contributed by atoms with van der Waals surface area (Å²) in [7, 11) is 0. The van der Waals surface area contributed by atoms with Gasteiger partial charge in [0.1, 0.15) is 12.6 Å². The van der Waals surface area contributed by atoms with Crippen LogP contribution in [-0.2, 0) is 27.3 Å². The molecule has 3 rings (SSSR count). The number of hydrogen-bond acceptors (Lipinski definition) is 4. The van der Waals surface area contributed by atoms with Crippen LogP contribution in [0.4, 0.5) is 4.79 Å². The van der Waals surface area contributed by atoms with Gasteiger partial charge in [-0.2, -0.15) is 0 Å². The lowest BCUT2D eigenvalue weighted by molar-refractivity contribution is -0.140. The highest BCUT2D eigenvalue weighted by molar-refractivity contribution is 5.86. The van der Waals surface area contributed by atoms with Crippen LogP contribution in [0, 0.1) is 0 Å². The zero-order chi connectivity index (χ0) is 19.8. The van der Waals surface area contributed by atoms with Crippen LogP contribution in [0.1, 0.15) is 18.1 Å². The number of nitrogens with zero attached hydrogens (tertiary/aromatic N) is 1. The van der Waals surface area contributed by atoms with E-state index in [4.69, 9.17) is 9.47 Å². The Balaban J connectivity index is 1.64. The number of amides is 2. The molecule has 148 valence electrons. The molecule has 1 saturated heterocycles. The highest BCUT2D eigenvalue weighted by atomic mass is 16.5. The normalized spacial score (nSPS) is 17.6. The molecular formula is C22H26N2O4. The third-order valence-corrected chi connectivity index (χ3v) is 4.64. The highest BCUT2D eigenvalue weighted by Gasteiger charge is 2.29. The van der Waals surface area contributed by atoms with Crippen molar-refractivity contribution >= 4 is 12.0 Å². The van der Waals surface area contributed by atoms with Crippen molar-refractivity contribution in [2.75, 3.05) is 19.7 Å². The summed E-state index contributed by atoms with van der Waals surface area (Å²) in [5, 5.41) is 2.75. The second-order valence-corrected chi connectivity index (χ2v) is 6.91. The Morgan fingerprint density at radius 2 is 1.75 bits per heavy atom. The molecule has 1 heterocycles. The molecule has 0 saturated carbocycles. The van der Waals surface area contributed by atoms with E-state index >= 15 is 0 Å². The molecule has 0 aliphatic carbocycles. The lowest BCUT2D eigenvalue weighted by atomic mass is 10.0. The van der Waals surface area contributed by atoms with Gasteiger partial charge in [-0.1, -0.05) is 60.7 Å². The van der Waals surface area contributed by atoms with Gasteiger partial charge in [-0.05, 0) is 18.1 Å². The number of nitrogens with one attached hydrogen (secondary N) is 1. The molecule has 0 spiro atoms. The average molecular weight is 382 g/mol. The molecule has 2 aromatic carbocycles. The summed E-state index contributed by atoms with van der Waals surface area (Å²) in [4.78, 5) is 27.1. The van der Waals surface area contributed by atoms with Crippen LogP contribution in [0.5, 0.6) is 0 Å². The van der Waals surface area contributed by atoms with Gasteiger partial charge < -0.3 is 19.7 Å². The summed E-state index contributed by atoms with van der Waals surface area (Å²) in [6.07, 6.45) is -0.203. The molecule has 1 N–H and O–H groups in total. The molecule has 6 heteroatoms. The molecule has 28 heavy (non-hydrogen) atoms. The molecule has 1 aliphatic rings. The van der Waals surface area contributed by atoms with Crippen LogP contribution >= 0.6 is 0 Å². The van der Waals surface area contributed by atoms with Crippen LogP contribution in [0.2, 0.25) is 0 Å². The van der Waals surface area contributed by atoms with Gasteiger partial charge in [0, 0.05) is 19.5 Å². The Kier molecular flexibility index (Phi) is 7.03. The van der Waals surface area contributed by atoms with Gasteiger partial charge in [-0.25, -0.2) is 4.79 Å². The molecule has 1 fully saturated rings. The minimum atomic E-state index is -0.684. The van der Waals surface area contributed by atoms with Gasteiger partial charge in [-0.3, -0.25) is 4.79 Å². The van der Waals surface area contributed by atoms with E-state index in [2.05, 4.69) is 5.32 Å². The van der Waals surface area contributed by atoms with Crippen molar-refractivity contribution in [3.05, 3.63) is 71.8 Å². The lowest BCUT2D eigenvalue weighted by Gasteiger charge is -2.33. The number of rotatable bonds is 6. The first-order chi connectivity index (χ1) is 13.6. The second kappa shape index (κ2) is 9.90. The first kappa shape index (κ1) is 19.9. The van der Waals surface area contributed by atoms with Gasteiger partial charge in [0.05, 0.1) is 12.7 Å². The van der Waals surface area contributed by atoms with Crippen molar-refractivity contribution in [3.8, 4) is 0 Å². The first-order valence-electron chi connectivity index (χ1n) is 9.53. The zero-order valence-electron chi connectivity index (χ0n) is 16.0. The largest absolute Gasteiger partial charge is 0.445 e. The topological polar surface area (TPSA) is 67.9 Å². The fraction of sp³-hybridized carbons (Fsp3) is 0.364. The molecule has 0 bridgehead atoms. The van der Waals surface area contributed by atoms with E-state index in [0.717, 1.165) is 11.1 Å². The van der Waals surface area contributed by atoms with Crippen LogP contribution in [-0.4, -0.2) is 48.7 Å². The van der Waals surface area contributed by atoms with Gasteiger partial charge in [0.15, 0.2) is 0 Å². The number of carbonyl (C=O) groups is 2. The van der Waals surface area contributed by atoms with Gasteiger partial charge in [0.25, 0.3) is 0 Å². The quantitative estimate of drug-likeness (QED) is 0.834. The summed E-state index contributed by atoms with van der Waals surface area (Å²) in [6, 6.07) is 18.4. The van der Waals surface area contributed by atoms with E-state index in [1.54, 1.807) is 4.90 Å². The maximum Gasteiger partial charge on any atom is 0.408 e. The number of hydrogen-bond donors (Lipinski definition) is 1. The third-order valence-electron chi connectivity index (χ3n) is 4.64. The standard InChI is InChI=1S/C22H26N2O4/c1-17-15-24(12-13-27-17)21(25)20(14-18-8-4-2-5-9-18)23-22(26)28-16-19-10-6-3-7-11-19/h2-11,17,20H,12-16H2,1H3,(H,23,26). The molecule has 2 amide bonds. The van der Waals surface area contributed by atoms with E-state index in [0.29, 0.717) is 26.1 Å². The number of benzene rings is 2. The van der Waals surface area contributed by atoms with Crippen molar-refractivity contribution in [1.29, 1.82) is 0 Å². The highest BCUT2D eigenvalue weighted by Crippen LogP contribution is 2.11. The molecule has 2 aromatic rings. The zero-order valence-corrected chi connectivity index (χ0v) is 16.0. The molecule has 2 unspecified atom stereocenters. The Bertz CT molecular complexity index is 767. The third kappa shape index (κ3) is 5.82. The average Bonchev–Trinajstić information content (AvgIpc) is 2.73. The summed E-state index contributed by atoms with van der Waals surface area (Å²) < 4.78 is 10.8. The fourth-order valence-electron chi connectivity index (χ4n) is 3.20. The predicted molar refractivity (Wildman–Crippen MR) is 106 cm³/mol. The Hall–Kier alpha value is -2.86. The fourth-order valence-corrected chi connectivity index (χ4v) is 3.20. The van der Waals surface area contributed by atoms with Gasteiger partial charge in [0.2, 0.25) is 5.91 Å². The lowest BCUT2D eigenvalue weighted by Crippen LogP contribution is -2.54. The minimum absolute atomic E-state index is 0.0138. The molecule has 1 aliphatic heterocycles. The van der Waals surface area contributed by atoms with Crippen molar-refractivity contribution in [2.45, 2.75) is 32.1 Å². The summed E-state index contributed by atoms with van der Waals surface area (Å²) >= 11 is 0. The number of morpholine rings is 1. The van der Waals surface area contributed by atoms with E-state index in [-0.39, 0.29) is 18.6 Å². The molecule has 0 aromatic heterocycles. The molecule has 2 atom stereocenters. The van der Waals surface area contributed by atoms with Crippen LogP contribution in [0.3, 0.4) is 0 Å². The monoisotopic (exact) mass is 382 g/mol. The SMILES string of the molecule is CC1CN(C(=O)C(Cc2ccccc2)NC(=O)OCc2ccccc2)CCO1. The maximum atomic E-state index is 13.1. The van der Waals surface area contributed by atoms with Crippen molar-refractivity contribution < 1.29 is 19.1 Å². The summed E-state index contributed by atoms with van der Waals surface area (Å²) in [5.74, 6) is -0.115. The van der Waals surface area contributed by atoms with Crippen molar-refractivity contribution in [1.82, 2.24) is 10.2 Å². The van der Waals surface area contributed by atoms with Crippen molar-refractivity contribution in [2.24, 2.45) is 0 Å². The Morgan fingerprint density at radius 1 is 1.11 bits per heavy atom. The van der Waals surface area contributed by atoms with E-state index in [1.807, 2.05) is 67.6 Å². The van der Waals surface area contributed by atoms with E-state index < -0.39 is 12.1 Å². The second-order valence-electron chi connectivity index (χ2n) is 6.91. The summed E-state index contributed by atoms with van der Waals surface area (Å²) in [5.41, 5.74) is 1.87. The van der Waals surface area contributed by atoms with Gasteiger partial charge in [-0.15, -0.1) is 0 Å². The first-order valence-corrected chi connectivity index (χ1v) is 9.53. The summed E-state index contributed by atoms with van der Waals surface area (Å²) in [6.45, 7) is 3.64. The van der Waals surface area contributed by atoms with Crippen LogP contribution in [0.25, 0.3) is 0 Å². The van der Waals surface area contributed by atoms with E-state index in [9.17, 15) is 9.59 Å². The number of ether oxygens (including phenoxy) is 2. The molecular weight excluding hydrogens is 356 g/mol. The maximum absolute atomic E-state index is 13.1. The van der Waals surface area contributed by atoms with Crippen LogP contribution < -0.4 is 5.32 Å². The predicted octanol–water partition coefficient (Wildman–Crippen LogP) is 2.77. The van der Waals surface area contributed by atoms with Crippen molar-refractivity contribution in [3.63, 3.8) is 0 Å². The number of alkyl carbamates (subject to hydrolysis) is 1. The Morgan fingerprint density at radius 3 is 2.39 bits per heavy atom. The van der Waals surface area contributed by atoms with Crippen LogP contribution in [0.15, 0.2) is 60.7 Å². The smallest absolute Gasteiger partial charge is 0.408 e. The van der Waals surface area contributed by atoms with E-state index in [1.165, 1.54) is 0 Å². The number of carbonyl (C=O) groups excluding carboxylic acids is 2. The minimum Gasteiger partial charge on any atom is -0.445 e. The molecule has 0 radical (unpaired) electrons. The molecule has 6 nitrogen and oxygen atoms in total. The van der Waals surface area contributed by atoms with Gasteiger partial charge >= 0.3 is 6.09 Å².